The van der Waals surface area contributed by atoms with E-state index in [4.69, 9.17) is 0 Å². The second-order valence-corrected chi connectivity index (χ2v) is 8.51. The van der Waals surface area contributed by atoms with Crippen LogP contribution in [0.2, 0.25) is 0 Å². The molecule has 2 aromatic carbocycles. The molecular formula is C14H14FNO4S2. The molecule has 0 heterocycles. The minimum absolute atomic E-state index is 0.0217. The van der Waals surface area contributed by atoms with Gasteiger partial charge in [-0.3, -0.25) is 4.72 Å². The molecule has 22 heavy (non-hydrogen) atoms. The summed E-state index contributed by atoms with van der Waals surface area (Å²) in [5.74, 6) is -0.560. The first kappa shape index (κ1) is 16.4. The summed E-state index contributed by atoms with van der Waals surface area (Å²) in [5.41, 5.74) is 0.699. The number of halogens is 1. The van der Waals surface area contributed by atoms with Gasteiger partial charge in [0.05, 0.1) is 15.5 Å². The number of rotatable bonds is 4. The van der Waals surface area contributed by atoms with Gasteiger partial charge in [0.1, 0.15) is 5.82 Å². The van der Waals surface area contributed by atoms with Gasteiger partial charge in [0.2, 0.25) is 0 Å². The summed E-state index contributed by atoms with van der Waals surface area (Å²) in [5, 5.41) is 0. The zero-order valence-electron chi connectivity index (χ0n) is 11.9. The summed E-state index contributed by atoms with van der Waals surface area (Å²) < 4.78 is 62.7. The number of sulfonamides is 1. The van der Waals surface area contributed by atoms with Crippen molar-refractivity contribution >= 4 is 25.5 Å². The number of hydrogen-bond donors (Lipinski definition) is 1. The Kier molecular flexibility index (Phi) is 4.25. The predicted molar refractivity (Wildman–Crippen MR) is 81.5 cm³/mol. The van der Waals surface area contributed by atoms with Crippen LogP contribution in [0.15, 0.2) is 52.3 Å². The average Bonchev–Trinajstić information content (AvgIpc) is 2.42. The number of nitrogens with one attached hydrogen (secondary N) is 1. The van der Waals surface area contributed by atoms with Crippen molar-refractivity contribution in [2.45, 2.75) is 16.7 Å². The van der Waals surface area contributed by atoms with Crippen molar-refractivity contribution in [2.24, 2.45) is 0 Å². The highest BCUT2D eigenvalue weighted by atomic mass is 32.2. The third-order valence-corrected chi connectivity index (χ3v) is 5.52. The topological polar surface area (TPSA) is 80.3 Å². The second kappa shape index (κ2) is 5.69. The molecule has 118 valence electrons. The summed E-state index contributed by atoms with van der Waals surface area (Å²) >= 11 is 0. The first-order valence-corrected chi connectivity index (χ1v) is 9.56. The van der Waals surface area contributed by atoms with Crippen LogP contribution in [0.5, 0.6) is 0 Å². The molecule has 0 aliphatic heterocycles. The highest BCUT2D eigenvalue weighted by Crippen LogP contribution is 2.21. The lowest BCUT2D eigenvalue weighted by atomic mass is 10.2. The monoisotopic (exact) mass is 343 g/mol. The molecular weight excluding hydrogens is 329 g/mol. The SMILES string of the molecule is Cc1ccc(F)cc1NS(=O)(=O)c1ccc(S(C)(=O)=O)cc1. The third-order valence-electron chi connectivity index (χ3n) is 3.01. The van der Waals surface area contributed by atoms with Gasteiger partial charge in [0.25, 0.3) is 10.0 Å². The molecule has 0 radical (unpaired) electrons. The zero-order chi connectivity index (χ0) is 16.5. The molecule has 2 aromatic rings. The molecule has 0 atom stereocenters. The number of anilines is 1. The van der Waals surface area contributed by atoms with Crippen LogP contribution in [0.1, 0.15) is 5.56 Å². The Morgan fingerprint density at radius 3 is 2.00 bits per heavy atom. The first-order chi connectivity index (χ1) is 10.1. The lowest BCUT2D eigenvalue weighted by Gasteiger charge is -2.11. The van der Waals surface area contributed by atoms with Gasteiger partial charge in [-0.2, -0.15) is 0 Å². The molecule has 2 rings (SSSR count). The summed E-state index contributed by atoms with van der Waals surface area (Å²) in [6.45, 7) is 1.64. The average molecular weight is 343 g/mol. The lowest BCUT2D eigenvalue weighted by Crippen LogP contribution is -2.14. The van der Waals surface area contributed by atoms with Gasteiger partial charge in [0, 0.05) is 6.26 Å². The molecule has 0 aliphatic rings. The molecule has 0 bridgehead atoms. The number of hydrogen-bond acceptors (Lipinski definition) is 4. The minimum Gasteiger partial charge on any atom is -0.279 e. The molecule has 0 fully saturated rings. The van der Waals surface area contributed by atoms with Crippen molar-refractivity contribution in [1.29, 1.82) is 0 Å². The van der Waals surface area contributed by atoms with E-state index in [2.05, 4.69) is 4.72 Å². The van der Waals surface area contributed by atoms with Crippen molar-refractivity contribution in [1.82, 2.24) is 0 Å². The number of sulfone groups is 1. The van der Waals surface area contributed by atoms with Crippen LogP contribution in [-0.4, -0.2) is 23.1 Å². The van der Waals surface area contributed by atoms with E-state index in [1.807, 2.05) is 0 Å². The van der Waals surface area contributed by atoms with Gasteiger partial charge in [-0.05, 0) is 48.9 Å². The molecule has 5 nitrogen and oxygen atoms in total. The quantitative estimate of drug-likeness (QED) is 0.924. The maximum atomic E-state index is 13.2. The molecule has 8 heteroatoms. The summed E-state index contributed by atoms with van der Waals surface area (Å²) in [6.07, 6.45) is 1.03. The summed E-state index contributed by atoms with van der Waals surface area (Å²) in [7, 11) is -7.33. The van der Waals surface area contributed by atoms with Crippen LogP contribution in [-0.2, 0) is 19.9 Å². The smallest absolute Gasteiger partial charge is 0.261 e. The summed E-state index contributed by atoms with van der Waals surface area (Å²) in [4.78, 5) is -0.0862. The van der Waals surface area contributed by atoms with Crippen molar-refractivity contribution in [3.63, 3.8) is 0 Å². The van der Waals surface area contributed by atoms with Gasteiger partial charge in [0.15, 0.2) is 9.84 Å². The first-order valence-electron chi connectivity index (χ1n) is 6.19. The lowest BCUT2D eigenvalue weighted by molar-refractivity contribution is 0.597. The van der Waals surface area contributed by atoms with E-state index >= 15 is 0 Å². The van der Waals surface area contributed by atoms with Gasteiger partial charge in [-0.25, -0.2) is 21.2 Å². The van der Waals surface area contributed by atoms with Crippen molar-refractivity contribution in [2.75, 3.05) is 11.0 Å². The fraction of sp³-hybridized carbons (Fsp3) is 0.143. The van der Waals surface area contributed by atoms with E-state index in [0.717, 1.165) is 12.3 Å². The third kappa shape index (κ3) is 3.63. The van der Waals surface area contributed by atoms with Gasteiger partial charge in [-0.15, -0.1) is 0 Å². The van der Waals surface area contributed by atoms with E-state index in [1.165, 1.54) is 36.4 Å². The second-order valence-electron chi connectivity index (χ2n) is 4.81. The highest BCUT2D eigenvalue weighted by molar-refractivity contribution is 7.92. The molecule has 1 N–H and O–H groups in total. The predicted octanol–water partition coefficient (Wildman–Crippen LogP) is 2.34. The van der Waals surface area contributed by atoms with Crippen LogP contribution in [0.25, 0.3) is 0 Å². The minimum atomic E-state index is -3.93. The number of aryl methyl sites for hydroxylation is 1. The largest absolute Gasteiger partial charge is 0.279 e. The van der Waals surface area contributed by atoms with E-state index in [9.17, 15) is 21.2 Å². The highest BCUT2D eigenvalue weighted by Gasteiger charge is 2.17. The van der Waals surface area contributed by atoms with E-state index < -0.39 is 25.7 Å². The van der Waals surface area contributed by atoms with Crippen LogP contribution in [0.4, 0.5) is 10.1 Å². The maximum absolute atomic E-state index is 13.2. The normalized spacial score (nSPS) is 12.1. The molecule has 0 aromatic heterocycles. The Labute approximate surface area is 128 Å². The Morgan fingerprint density at radius 1 is 0.909 bits per heavy atom. The zero-order valence-corrected chi connectivity index (χ0v) is 13.5. The van der Waals surface area contributed by atoms with Crippen LogP contribution >= 0.6 is 0 Å². The van der Waals surface area contributed by atoms with Gasteiger partial charge >= 0.3 is 0 Å². The van der Waals surface area contributed by atoms with Crippen molar-refractivity contribution in [3.05, 3.63) is 53.8 Å². The maximum Gasteiger partial charge on any atom is 0.261 e. The standard InChI is InChI=1S/C14H14FNO4S2/c1-10-3-4-11(15)9-14(10)16-22(19,20)13-7-5-12(6-8-13)21(2,17)18/h3-9,16H,1-2H3. The summed E-state index contributed by atoms with van der Waals surface area (Å²) in [6, 6.07) is 8.57. The Bertz CT molecular complexity index is 904. The Hall–Kier alpha value is -1.93. The van der Waals surface area contributed by atoms with Gasteiger partial charge < -0.3 is 0 Å². The Balaban J connectivity index is 2.37. The fourth-order valence-corrected chi connectivity index (χ4v) is 3.53. The van der Waals surface area contributed by atoms with Crippen molar-refractivity contribution < 1.29 is 21.2 Å². The van der Waals surface area contributed by atoms with Crippen LogP contribution in [0, 0.1) is 12.7 Å². The van der Waals surface area contributed by atoms with Gasteiger partial charge in [-0.1, -0.05) is 6.07 Å². The molecule has 0 spiro atoms. The number of benzene rings is 2. The van der Waals surface area contributed by atoms with E-state index in [0.29, 0.717) is 5.56 Å². The molecule has 0 saturated carbocycles. The fourth-order valence-electron chi connectivity index (χ4n) is 1.77. The Morgan fingerprint density at radius 2 is 1.45 bits per heavy atom. The van der Waals surface area contributed by atoms with E-state index in [-0.39, 0.29) is 15.5 Å². The van der Waals surface area contributed by atoms with Crippen molar-refractivity contribution in [3.8, 4) is 0 Å². The molecule has 0 unspecified atom stereocenters. The van der Waals surface area contributed by atoms with Crippen LogP contribution < -0.4 is 4.72 Å². The van der Waals surface area contributed by atoms with Crippen LogP contribution in [0.3, 0.4) is 0 Å². The molecule has 0 aliphatic carbocycles. The molecule has 0 amide bonds. The molecule has 0 saturated heterocycles. The van der Waals surface area contributed by atoms with E-state index in [1.54, 1.807) is 6.92 Å².